The van der Waals surface area contributed by atoms with E-state index in [0.717, 1.165) is 12.5 Å². The highest BCUT2D eigenvalue weighted by molar-refractivity contribution is 5.32. The van der Waals surface area contributed by atoms with Gasteiger partial charge in [-0.1, -0.05) is 12.0 Å². The highest BCUT2D eigenvalue weighted by Crippen LogP contribution is 2.25. The monoisotopic (exact) mass is 147 g/mol. The van der Waals surface area contributed by atoms with E-state index < -0.39 is 0 Å². The molecule has 0 saturated carbocycles. The van der Waals surface area contributed by atoms with E-state index in [1.165, 1.54) is 24.8 Å². The van der Waals surface area contributed by atoms with Crippen molar-refractivity contribution in [3.8, 4) is 12.3 Å². The lowest BCUT2D eigenvalue weighted by Gasteiger charge is -2.08. The van der Waals surface area contributed by atoms with E-state index in [-0.39, 0.29) is 0 Å². The maximum atomic E-state index is 5.40. The molecule has 0 aromatic heterocycles. The summed E-state index contributed by atoms with van der Waals surface area (Å²) in [6, 6.07) is 1.24. The first-order valence-electron chi connectivity index (χ1n) is 4.33. The van der Waals surface area contributed by atoms with E-state index in [9.17, 15) is 0 Å². The van der Waals surface area contributed by atoms with Gasteiger partial charge in [-0.05, 0) is 25.7 Å². The molecule has 0 amide bonds. The molecule has 1 heteroatoms. The summed E-state index contributed by atoms with van der Waals surface area (Å²) in [4.78, 5) is 0. The van der Waals surface area contributed by atoms with Crippen LogP contribution in [0.5, 0.6) is 0 Å². The van der Waals surface area contributed by atoms with E-state index in [4.69, 9.17) is 6.42 Å². The Morgan fingerprint density at radius 3 is 3.18 bits per heavy atom. The lowest BCUT2D eigenvalue weighted by Crippen LogP contribution is -2.28. The second-order valence-electron chi connectivity index (χ2n) is 3.37. The summed E-state index contributed by atoms with van der Waals surface area (Å²) in [7, 11) is 0. The van der Waals surface area contributed by atoms with Crippen molar-refractivity contribution in [1.82, 2.24) is 5.32 Å². The van der Waals surface area contributed by atoms with Crippen LogP contribution in [0.4, 0.5) is 0 Å². The van der Waals surface area contributed by atoms with Crippen molar-refractivity contribution in [1.29, 1.82) is 0 Å². The first kappa shape index (κ1) is 6.94. The fraction of sp³-hybridized carbons (Fsp3) is 0.600. The number of fused-ring (bicyclic) bond motifs is 2. The fourth-order valence-electron chi connectivity index (χ4n) is 2.03. The largest absolute Gasteiger partial charge is 0.307 e. The third-order valence-corrected chi connectivity index (χ3v) is 2.66. The Balaban J connectivity index is 2.20. The molecule has 2 atom stereocenters. The summed E-state index contributed by atoms with van der Waals surface area (Å²) < 4.78 is 0. The number of rotatable bonds is 0. The summed E-state index contributed by atoms with van der Waals surface area (Å²) >= 11 is 0. The molecule has 11 heavy (non-hydrogen) atoms. The Morgan fingerprint density at radius 1 is 1.45 bits per heavy atom. The second kappa shape index (κ2) is 2.71. The van der Waals surface area contributed by atoms with E-state index in [2.05, 4.69) is 17.3 Å². The highest BCUT2D eigenvalue weighted by Gasteiger charge is 2.27. The van der Waals surface area contributed by atoms with Gasteiger partial charge in [-0.3, -0.25) is 0 Å². The van der Waals surface area contributed by atoms with E-state index in [1.54, 1.807) is 0 Å². The van der Waals surface area contributed by atoms with E-state index in [1.807, 2.05) is 0 Å². The van der Waals surface area contributed by atoms with Gasteiger partial charge in [0.2, 0.25) is 0 Å². The summed E-state index contributed by atoms with van der Waals surface area (Å²) in [5, 5.41) is 3.54. The van der Waals surface area contributed by atoms with Crippen LogP contribution >= 0.6 is 0 Å². The number of allylic oxidation sites excluding steroid dienone is 1. The number of hydrogen-bond donors (Lipinski definition) is 1. The third-order valence-electron chi connectivity index (χ3n) is 2.66. The molecule has 2 aliphatic heterocycles. The van der Waals surface area contributed by atoms with Gasteiger partial charge in [0.15, 0.2) is 0 Å². The normalized spacial score (nSPS) is 35.7. The summed E-state index contributed by atoms with van der Waals surface area (Å²) in [6.45, 7) is 0. The van der Waals surface area contributed by atoms with Crippen LogP contribution < -0.4 is 5.32 Å². The minimum Gasteiger partial charge on any atom is -0.307 e. The van der Waals surface area contributed by atoms with Crippen molar-refractivity contribution in [2.75, 3.05) is 0 Å². The first-order valence-corrected chi connectivity index (χ1v) is 4.33. The van der Waals surface area contributed by atoms with Gasteiger partial charge >= 0.3 is 0 Å². The maximum Gasteiger partial charge on any atom is 0.0399 e. The van der Waals surface area contributed by atoms with Crippen LogP contribution in [0.3, 0.4) is 0 Å². The van der Waals surface area contributed by atoms with Crippen molar-refractivity contribution in [3.05, 3.63) is 11.6 Å². The van der Waals surface area contributed by atoms with Gasteiger partial charge in [0.1, 0.15) is 0 Å². The van der Waals surface area contributed by atoms with E-state index >= 15 is 0 Å². The first-order chi connectivity index (χ1) is 5.40. The zero-order valence-electron chi connectivity index (χ0n) is 6.64. The molecular weight excluding hydrogens is 134 g/mol. The van der Waals surface area contributed by atoms with Crippen molar-refractivity contribution in [3.63, 3.8) is 0 Å². The molecule has 0 radical (unpaired) electrons. The quantitative estimate of drug-likeness (QED) is 0.511. The fourth-order valence-corrected chi connectivity index (χ4v) is 2.03. The molecule has 1 fully saturated rings. The number of hydrogen-bond acceptors (Lipinski definition) is 1. The van der Waals surface area contributed by atoms with E-state index in [0.29, 0.717) is 6.04 Å². The van der Waals surface area contributed by atoms with Gasteiger partial charge in [-0.2, -0.15) is 0 Å². The summed E-state index contributed by atoms with van der Waals surface area (Å²) in [6.07, 6.45) is 12.6. The summed E-state index contributed by atoms with van der Waals surface area (Å²) in [5.74, 6) is 2.77. The van der Waals surface area contributed by atoms with Gasteiger partial charge in [-0.25, -0.2) is 0 Å². The number of terminal acetylenes is 1. The third kappa shape index (κ3) is 1.19. The van der Waals surface area contributed by atoms with Crippen LogP contribution in [-0.4, -0.2) is 12.1 Å². The van der Waals surface area contributed by atoms with Crippen LogP contribution in [-0.2, 0) is 0 Å². The lowest BCUT2D eigenvalue weighted by molar-refractivity contribution is 0.556. The molecule has 2 rings (SSSR count). The van der Waals surface area contributed by atoms with Gasteiger partial charge in [-0.15, -0.1) is 6.42 Å². The zero-order valence-corrected chi connectivity index (χ0v) is 6.64. The minimum absolute atomic E-state index is 0.507. The Bertz CT molecular complexity index is 222. The van der Waals surface area contributed by atoms with Crippen molar-refractivity contribution < 1.29 is 0 Å². The second-order valence-corrected chi connectivity index (χ2v) is 3.37. The van der Waals surface area contributed by atoms with Crippen LogP contribution in [0, 0.1) is 12.3 Å². The van der Waals surface area contributed by atoms with Gasteiger partial charge < -0.3 is 5.32 Å². The van der Waals surface area contributed by atoms with Crippen molar-refractivity contribution in [2.24, 2.45) is 0 Å². The average molecular weight is 147 g/mol. The van der Waals surface area contributed by atoms with Gasteiger partial charge in [0.05, 0.1) is 0 Å². The molecule has 1 N–H and O–H groups in total. The standard InChI is InChI=1S/C10H13N/c1-2-8-4-3-5-9-6-7-10(8)11-9/h1,4,9-11H,3,5-7H2/t9-,10?/m0/s1. The molecule has 2 heterocycles. The molecule has 1 saturated heterocycles. The topological polar surface area (TPSA) is 12.0 Å². The molecule has 2 bridgehead atoms. The number of nitrogens with one attached hydrogen (secondary N) is 1. The van der Waals surface area contributed by atoms with Gasteiger partial charge in [0, 0.05) is 17.7 Å². The molecular formula is C10H13N. The van der Waals surface area contributed by atoms with Crippen LogP contribution in [0.2, 0.25) is 0 Å². The molecule has 0 spiro atoms. The van der Waals surface area contributed by atoms with Crippen molar-refractivity contribution in [2.45, 2.75) is 37.8 Å². The Kier molecular flexibility index (Phi) is 1.71. The highest BCUT2D eigenvalue weighted by atomic mass is 15.0. The zero-order chi connectivity index (χ0) is 7.68. The smallest absolute Gasteiger partial charge is 0.0399 e. The molecule has 58 valence electrons. The lowest BCUT2D eigenvalue weighted by atomic mass is 10.0. The Hall–Kier alpha value is -0.740. The molecule has 1 nitrogen and oxygen atoms in total. The maximum absolute atomic E-state index is 5.40. The molecule has 2 aliphatic rings. The average Bonchev–Trinajstić information content (AvgIpc) is 2.33. The van der Waals surface area contributed by atoms with Crippen LogP contribution in [0.25, 0.3) is 0 Å². The van der Waals surface area contributed by atoms with Gasteiger partial charge in [0.25, 0.3) is 0 Å². The Labute approximate surface area is 67.9 Å². The predicted octanol–water partition coefficient (Wildman–Crippen LogP) is 1.46. The van der Waals surface area contributed by atoms with Crippen LogP contribution in [0.1, 0.15) is 25.7 Å². The molecule has 0 aliphatic carbocycles. The summed E-state index contributed by atoms with van der Waals surface area (Å²) in [5.41, 5.74) is 1.19. The Morgan fingerprint density at radius 2 is 2.36 bits per heavy atom. The molecule has 1 unspecified atom stereocenters. The van der Waals surface area contributed by atoms with Crippen LogP contribution in [0.15, 0.2) is 11.6 Å². The SMILES string of the molecule is C#CC1=CCC[C@H]2CCC1N2. The minimum atomic E-state index is 0.507. The molecule has 0 aromatic carbocycles. The predicted molar refractivity (Wildman–Crippen MR) is 46.1 cm³/mol. The molecule has 0 aromatic rings. The van der Waals surface area contributed by atoms with Crippen molar-refractivity contribution >= 4 is 0 Å².